The number of rotatable bonds is 0. The first-order valence-corrected chi connectivity index (χ1v) is 3.54. The molecule has 1 aromatic rings. The maximum Gasteiger partial charge on any atom is 0.338 e. The van der Waals surface area contributed by atoms with Crippen LogP contribution in [0.5, 0.6) is 0 Å². The van der Waals surface area contributed by atoms with Gasteiger partial charge in [-0.1, -0.05) is 12.1 Å². The first-order valence-electron chi connectivity index (χ1n) is 3.54. The normalized spacial score (nSPS) is 14.5. The van der Waals surface area contributed by atoms with E-state index in [9.17, 15) is 4.79 Å². The lowest BCUT2D eigenvalue weighted by molar-refractivity contribution is 0.0535. The third kappa shape index (κ3) is 0.827. The topological polar surface area (TPSA) is 26.3 Å². The highest BCUT2D eigenvalue weighted by molar-refractivity contribution is 5.93. The zero-order valence-corrected chi connectivity index (χ0v) is 6.26. The first-order chi connectivity index (χ1) is 5.29. The van der Waals surface area contributed by atoms with Crippen LogP contribution in [-0.2, 0) is 11.3 Å². The molecule has 0 aromatic heterocycles. The van der Waals surface area contributed by atoms with Gasteiger partial charge in [-0.2, -0.15) is 0 Å². The summed E-state index contributed by atoms with van der Waals surface area (Å²) in [6.07, 6.45) is 0. The van der Waals surface area contributed by atoms with Crippen LogP contribution in [0.3, 0.4) is 0 Å². The Morgan fingerprint density at radius 2 is 2.27 bits per heavy atom. The van der Waals surface area contributed by atoms with Gasteiger partial charge in [-0.05, 0) is 18.6 Å². The van der Waals surface area contributed by atoms with Gasteiger partial charge in [0.05, 0.1) is 5.56 Å². The van der Waals surface area contributed by atoms with E-state index in [0.29, 0.717) is 6.61 Å². The SMILES string of the molecule is Cc1cccc2c1COC2=O. The van der Waals surface area contributed by atoms with E-state index in [0.717, 1.165) is 16.7 Å². The molecule has 0 amide bonds. The molecule has 0 fully saturated rings. The van der Waals surface area contributed by atoms with Crippen molar-refractivity contribution >= 4 is 5.97 Å². The van der Waals surface area contributed by atoms with Gasteiger partial charge in [-0.3, -0.25) is 0 Å². The minimum atomic E-state index is -0.191. The van der Waals surface area contributed by atoms with Crippen molar-refractivity contribution in [3.63, 3.8) is 0 Å². The Morgan fingerprint density at radius 1 is 1.45 bits per heavy atom. The van der Waals surface area contributed by atoms with E-state index < -0.39 is 0 Å². The van der Waals surface area contributed by atoms with Gasteiger partial charge in [0.2, 0.25) is 0 Å². The summed E-state index contributed by atoms with van der Waals surface area (Å²) >= 11 is 0. The zero-order chi connectivity index (χ0) is 7.84. The van der Waals surface area contributed by atoms with E-state index in [1.807, 2.05) is 19.1 Å². The number of hydrogen-bond donors (Lipinski definition) is 0. The van der Waals surface area contributed by atoms with Crippen molar-refractivity contribution in [3.8, 4) is 0 Å². The molecule has 2 heteroatoms. The molecule has 1 aliphatic rings. The standard InChI is InChI=1S/C9H8O2/c1-6-3-2-4-7-8(6)5-11-9(7)10/h2-4H,5H2,1H3. The Hall–Kier alpha value is -1.31. The molecule has 11 heavy (non-hydrogen) atoms. The number of esters is 1. The van der Waals surface area contributed by atoms with Crippen molar-refractivity contribution in [1.29, 1.82) is 0 Å². The molecular weight excluding hydrogens is 140 g/mol. The molecule has 56 valence electrons. The summed E-state index contributed by atoms with van der Waals surface area (Å²) in [5.74, 6) is -0.191. The average molecular weight is 148 g/mol. The van der Waals surface area contributed by atoms with E-state index in [1.54, 1.807) is 6.07 Å². The average Bonchev–Trinajstić information content (AvgIpc) is 2.35. The van der Waals surface area contributed by atoms with Gasteiger partial charge in [-0.15, -0.1) is 0 Å². The van der Waals surface area contributed by atoms with Gasteiger partial charge in [0.15, 0.2) is 0 Å². The van der Waals surface area contributed by atoms with Crippen LogP contribution < -0.4 is 0 Å². The molecular formula is C9H8O2. The Morgan fingerprint density at radius 3 is 3.00 bits per heavy atom. The smallest absolute Gasteiger partial charge is 0.338 e. The second-order valence-corrected chi connectivity index (χ2v) is 2.68. The van der Waals surface area contributed by atoms with Crippen LogP contribution in [-0.4, -0.2) is 5.97 Å². The van der Waals surface area contributed by atoms with Crippen LogP contribution in [0.2, 0.25) is 0 Å². The van der Waals surface area contributed by atoms with Crippen LogP contribution in [0.25, 0.3) is 0 Å². The minimum Gasteiger partial charge on any atom is -0.457 e. The Kier molecular flexibility index (Phi) is 1.22. The molecule has 0 unspecified atom stereocenters. The summed E-state index contributed by atoms with van der Waals surface area (Å²) in [4.78, 5) is 11.0. The molecule has 1 aliphatic heterocycles. The highest BCUT2D eigenvalue weighted by Gasteiger charge is 2.21. The lowest BCUT2D eigenvalue weighted by Crippen LogP contribution is -1.92. The van der Waals surface area contributed by atoms with Crippen LogP contribution in [0.4, 0.5) is 0 Å². The summed E-state index contributed by atoms with van der Waals surface area (Å²) in [5, 5.41) is 0. The quantitative estimate of drug-likeness (QED) is 0.523. The van der Waals surface area contributed by atoms with Gasteiger partial charge in [0.25, 0.3) is 0 Å². The first kappa shape index (κ1) is 6.40. The highest BCUT2D eigenvalue weighted by atomic mass is 16.5. The third-order valence-electron chi connectivity index (χ3n) is 1.98. The number of cyclic esters (lactones) is 1. The molecule has 0 bridgehead atoms. The number of benzene rings is 1. The molecule has 0 saturated carbocycles. The highest BCUT2D eigenvalue weighted by Crippen LogP contribution is 2.22. The minimum absolute atomic E-state index is 0.191. The summed E-state index contributed by atoms with van der Waals surface area (Å²) in [6.45, 7) is 2.43. The predicted octanol–water partition coefficient (Wildman–Crippen LogP) is 1.67. The van der Waals surface area contributed by atoms with Gasteiger partial charge in [0.1, 0.15) is 6.61 Å². The molecule has 0 atom stereocenters. The van der Waals surface area contributed by atoms with Crippen molar-refractivity contribution in [2.75, 3.05) is 0 Å². The monoisotopic (exact) mass is 148 g/mol. The predicted molar refractivity (Wildman–Crippen MR) is 40.3 cm³/mol. The Balaban J connectivity index is 2.66. The molecule has 0 radical (unpaired) electrons. The van der Waals surface area contributed by atoms with E-state index >= 15 is 0 Å². The van der Waals surface area contributed by atoms with E-state index in [1.165, 1.54) is 0 Å². The fourth-order valence-corrected chi connectivity index (χ4v) is 1.30. The van der Waals surface area contributed by atoms with Crippen LogP contribution in [0.15, 0.2) is 18.2 Å². The van der Waals surface area contributed by atoms with Crippen molar-refractivity contribution < 1.29 is 9.53 Å². The van der Waals surface area contributed by atoms with Crippen molar-refractivity contribution in [1.82, 2.24) is 0 Å². The summed E-state index contributed by atoms with van der Waals surface area (Å²) < 4.78 is 4.87. The van der Waals surface area contributed by atoms with E-state index in [-0.39, 0.29) is 5.97 Å². The number of fused-ring (bicyclic) bond motifs is 1. The number of ether oxygens (including phenoxy) is 1. The lowest BCUT2D eigenvalue weighted by atomic mass is 10.1. The Bertz CT molecular complexity index is 315. The second-order valence-electron chi connectivity index (χ2n) is 2.68. The van der Waals surface area contributed by atoms with Crippen LogP contribution in [0, 0.1) is 6.92 Å². The fraction of sp³-hybridized carbons (Fsp3) is 0.222. The van der Waals surface area contributed by atoms with E-state index in [2.05, 4.69) is 0 Å². The van der Waals surface area contributed by atoms with Crippen molar-refractivity contribution in [3.05, 3.63) is 34.9 Å². The lowest BCUT2D eigenvalue weighted by Gasteiger charge is -1.96. The van der Waals surface area contributed by atoms with Crippen LogP contribution >= 0.6 is 0 Å². The maximum absolute atomic E-state index is 11.0. The molecule has 2 nitrogen and oxygen atoms in total. The van der Waals surface area contributed by atoms with Crippen molar-refractivity contribution in [2.24, 2.45) is 0 Å². The molecule has 0 N–H and O–H groups in total. The second kappa shape index (κ2) is 2.09. The maximum atomic E-state index is 11.0. The van der Waals surface area contributed by atoms with Gasteiger partial charge in [-0.25, -0.2) is 4.79 Å². The number of aryl methyl sites for hydroxylation is 1. The Labute approximate surface area is 64.8 Å². The molecule has 1 aromatic carbocycles. The number of carbonyl (C=O) groups excluding carboxylic acids is 1. The number of carbonyl (C=O) groups is 1. The molecule has 2 rings (SSSR count). The van der Waals surface area contributed by atoms with Gasteiger partial charge in [0, 0.05) is 5.56 Å². The van der Waals surface area contributed by atoms with Gasteiger partial charge >= 0.3 is 5.97 Å². The third-order valence-corrected chi connectivity index (χ3v) is 1.98. The largest absolute Gasteiger partial charge is 0.457 e. The molecule has 0 aliphatic carbocycles. The zero-order valence-electron chi connectivity index (χ0n) is 6.26. The molecule has 0 spiro atoms. The van der Waals surface area contributed by atoms with Gasteiger partial charge < -0.3 is 4.74 Å². The molecule has 1 heterocycles. The summed E-state index contributed by atoms with van der Waals surface area (Å²) in [7, 11) is 0. The summed E-state index contributed by atoms with van der Waals surface area (Å²) in [6, 6.07) is 5.67. The fourth-order valence-electron chi connectivity index (χ4n) is 1.30. The van der Waals surface area contributed by atoms with Crippen LogP contribution in [0.1, 0.15) is 21.5 Å². The number of hydrogen-bond acceptors (Lipinski definition) is 2. The van der Waals surface area contributed by atoms with Crippen molar-refractivity contribution in [2.45, 2.75) is 13.5 Å². The summed E-state index contributed by atoms with van der Waals surface area (Å²) in [5.41, 5.74) is 2.90. The molecule has 0 saturated heterocycles. The van der Waals surface area contributed by atoms with E-state index in [4.69, 9.17) is 4.74 Å².